The third-order valence-corrected chi connectivity index (χ3v) is 3.58. The highest BCUT2D eigenvalue weighted by molar-refractivity contribution is 5.04. The fraction of sp³-hybridized carbons (Fsp3) is 0.833. The zero-order valence-corrected chi connectivity index (χ0v) is 9.30. The molecule has 1 fully saturated rings. The van der Waals surface area contributed by atoms with Crippen LogP contribution >= 0.6 is 0 Å². The van der Waals surface area contributed by atoms with E-state index in [-0.39, 0.29) is 0 Å². The molecule has 2 atom stereocenters. The largest absolute Gasteiger partial charge is 0.390 e. The molecule has 0 radical (unpaired) electrons. The van der Waals surface area contributed by atoms with Crippen LogP contribution in [0.25, 0.3) is 0 Å². The van der Waals surface area contributed by atoms with Crippen molar-refractivity contribution in [1.82, 2.24) is 0 Å². The van der Waals surface area contributed by atoms with E-state index in [0.717, 1.165) is 6.42 Å². The van der Waals surface area contributed by atoms with Gasteiger partial charge in [-0.3, -0.25) is 0 Å². The molecule has 1 rings (SSSR count). The minimum absolute atomic E-state index is 0.335. The van der Waals surface area contributed by atoms with Crippen molar-refractivity contribution in [3.63, 3.8) is 0 Å². The molecule has 0 aromatic heterocycles. The van der Waals surface area contributed by atoms with Crippen molar-refractivity contribution in [2.24, 2.45) is 17.3 Å². The van der Waals surface area contributed by atoms with Crippen molar-refractivity contribution < 1.29 is 5.11 Å². The summed E-state index contributed by atoms with van der Waals surface area (Å²) < 4.78 is 0. The zero-order valence-electron chi connectivity index (χ0n) is 9.30. The molecule has 1 saturated carbocycles. The van der Waals surface area contributed by atoms with E-state index in [4.69, 9.17) is 0 Å². The first kappa shape index (κ1) is 10.8. The quantitative estimate of drug-likeness (QED) is 0.665. The molecule has 76 valence electrons. The standard InChI is InChI=1S/C12H22O/c1-6-9-7-10(12(9,4)5)8-11(2,3)13/h6,9-10,13H,1,7-8H2,2-5H3. The molecular formula is C12H22O. The Hall–Kier alpha value is -0.300. The van der Waals surface area contributed by atoms with Crippen LogP contribution in [0.2, 0.25) is 0 Å². The molecule has 0 aromatic rings. The smallest absolute Gasteiger partial charge is 0.0594 e. The first-order valence-corrected chi connectivity index (χ1v) is 5.12. The number of aliphatic hydroxyl groups is 1. The maximum Gasteiger partial charge on any atom is 0.0594 e. The van der Waals surface area contributed by atoms with Crippen LogP contribution in [0.4, 0.5) is 0 Å². The van der Waals surface area contributed by atoms with E-state index in [1.807, 2.05) is 13.8 Å². The predicted octanol–water partition coefficient (Wildman–Crippen LogP) is 3.00. The maximum atomic E-state index is 9.72. The lowest BCUT2D eigenvalue weighted by Crippen LogP contribution is -2.46. The minimum atomic E-state index is -0.520. The van der Waals surface area contributed by atoms with Crippen LogP contribution in [0, 0.1) is 17.3 Å². The van der Waals surface area contributed by atoms with Gasteiger partial charge >= 0.3 is 0 Å². The summed E-state index contributed by atoms with van der Waals surface area (Å²) in [6.07, 6.45) is 4.16. The second-order valence-electron chi connectivity index (χ2n) is 5.61. The van der Waals surface area contributed by atoms with Gasteiger partial charge in [0.2, 0.25) is 0 Å². The Kier molecular flexibility index (Phi) is 2.59. The molecule has 0 aromatic carbocycles. The molecule has 0 spiro atoms. The third-order valence-electron chi connectivity index (χ3n) is 3.58. The van der Waals surface area contributed by atoms with Crippen LogP contribution in [0.3, 0.4) is 0 Å². The highest BCUT2D eigenvalue weighted by Crippen LogP contribution is 2.54. The Morgan fingerprint density at radius 2 is 2.08 bits per heavy atom. The molecule has 0 bridgehead atoms. The molecule has 1 nitrogen and oxygen atoms in total. The van der Waals surface area contributed by atoms with Crippen molar-refractivity contribution in [1.29, 1.82) is 0 Å². The maximum absolute atomic E-state index is 9.72. The summed E-state index contributed by atoms with van der Waals surface area (Å²) in [5.41, 5.74) is -0.185. The third kappa shape index (κ3) is 2.14. The molecule has 1 aliphatic rings. The summed E-state index contributed by atoms with van der Waals surface area (Å²) in [6.45, 7) is 12.2. The van der Waals surface area contributed by atoms with Gasteiger partial charge in [-0.25, -0.2) is 0 Å². The van der Waals surface area contributed by atoms with Crippen LogP contribution in [0.15, 0.2) is 12.7 Å². The Labute approximate surface area is 81.9 Å². The topological polar surface area (TPSA) is 20.2 Å². The van der Waals surface area contributed by atoms with Crippen LogP contribution in [-0.2, 0) is 0 Å². The predicted molar refractivity (Wildman–Crippen MR) is 56.5 cm³/mol. The van der Waals surface area contributed by atoms with Gasteiger partial charge in [0, 0.05) is 0 Å². The lowest BCUT2D eigenvalue weighted by molar-refractivity contribution is -0.0510. The van der Waals surface area contributed by atoms with Crippen molar-refractivity contribution in [2.45, 2.75) is 46.1 Å². The van der Waals surface area contributed by atoms with E-state index in [9.17, 15) is 5.11 Å². The van der Waals surface area contributed by atoms with Gasteiger partial charge in [-0.15, -0.1) is 6.58 Å². The second kappa shape index (κ2) is 3.13. The highest BCUT2D eigenvalue weighted by atomic mass is 16.3. The fourth-order valence-electron chi connectivity index (χ4n) is 2.41. The van der Waals surface area contributed by atoms with E-state index in [1.54, 1.807) is 0 Å². The molecule has 0 saturated heterocycles. The van der Waals surface area contributed by atoms with E-state index >= 15 is 0 Å². The molecule has 0 amide bonds. The molecule has 0 aliphatic heterocycles. The SMILES string of the molecule is C=CC1CC(CC(C)(C)O)C1(C)C. The summed E-state index contributed by atoms with van der Waals surface area (Å²) in [4.78, 5) is 0. The van der Waals surface area contributed by atoms with Gasteiger partial charge in [-0.2, -0.15) is 0 Å². The minimum Gasteiger partial charge on any atom is -0.390 e. The van der Waals surface area contributed by atoms with Crippen molar-refractivity contribution in [3.8, 4) is 0 Å². The van der Waals surface area contributed by atoms with Crippen molar-refractivity contribution >= 4 is 0 Å². The molecule has 13 heavy (non-hydrogen) atoms. The number of hydrogen-bond donors (Lipinski definition) is 1. The van der Waals surface area contributed by atoms with Gasteiger partial charge in [-0.05, 0) is 43.9 Å². The lowest BCUT2D eigenvalue weighted by Gasteiger charge is -2.53. The first-order chi connectivity index (χ1) is 5.77. The molecule has 0 heterocycles. The molecule has 1 heteroatoms. The second-order valence-corrected chi connectivity index (χ2v) is 5.61. The van der Waals surface area contributed by atoms with E-state index in [0.29, 0.717) is 17.3 Å². The van der Waals surface area contributed by atoms with Gasteiger partial charge in [0.15, 0.2) is 0 Å². The van der Waals surface area contributed by atoms with E-state index < -0.39 is 5.60 Å². The van der Waals surface area contributed by atoms with Gasteiger partial charge in [-0.1, -0.05) is 19.9 Å². The first-order valence-electron chi connectivity index (χ1n) is 5.12. The van der Waals surface area contributed by atoms with Crippen molar-refractivity contribution in [2.75, 3.05) is 0 Å². The fourth-order valence-corrected chi connectivity index (χ4v) is 2.41. The molecule has 1 aliphatic carbocycles. The summed E-state index contributed by atoms with van der Waals surface area (Å²) in [6, 6.07) is 0. The Morgan fingerprint density at radius 1 is 1.54 bits per heavy atom. The average Bonchev–Trinajstić information content (AvgIpc) is 1.95. The normalized spacial score (nSPS) is 32.4. The van der Waals surface area contributed by atoms with Gasteiger partial charge in [0.25, 0.3) is 0 Å². The van der Waals surface area contributed by atoms with Crippen molar-refractivity contribution in [3.05, 3.63) is 12.7 Å². The number of rotatable bonds is 3. The lowest BCUT2D eigenvalue weighted by atomic mass is 9.53. The van der Waals surface area contributed by atoms with Crippen LogP contribution in [-0.4, -0.2) is 10.7 Å². The average molecular weight is 182 g/mol. The zero-order chi connectivity index (χ0) is 10.3. The molecule has 1 N–H and O–H groups in total. The van der Waals surface area contributed by atoms with E-state index in [2.05, 4.69) is 26.5 Å². The molecule has 2 unspecified atom stereocenters. The van der Waals surface area contributed by atoms with E-state index in [1.165, 1.54) is 6.42 Å². The summed E-state index contributed by atoms with van der Waals surface area (Å²) >= 11 is 0. The summed E-state index contributed by atoms with van der Waals surface area (Å²) in [5, 5.41) is 9.72. The van der Waals surface area contributed by atoms with Crippen LogP contribution < -0.4 is 0 Å². The van der Waals surface area contributed by atoms with Gasteiger partial charge < -0.3 is 5.11 Å². The highest BCUT2D eigenvalue weighted by Gasteiger charge is 2.47. The Balaban J connectivity index is 2.54. The summed E-state index contributed by atoms with van der Waals surface area (Å²) in [5.74, 6) is 1.29. The van der Waals surface area contributed by atoms with Gasteiger partial charge in [0.05, 0.1) is 5.60 Å². The van der Waals surface area contributed by atoms with Crippen LogP contribution in [0.1, 0.15) is 40.5 Å². The number of hydrogen-bond acceptors (Lipinski definition) is 1. The monoisotopic (exact) mass is 182 g/mol. The van der Waals surface area contributed by atoms with Gasteiger partial charge in [0.1, 0.15) is 0 Å². The summed E-state index contributed by atoms with van der Waals surface area (Å²) in [7, 11) is 0. The number of allylic oxidation sites excluding steroid dienone is 1. The molecular weight excluding hydrogens is 160 g/mol. The Bertz CT molecular complexity index is 198. The van der Waals surface area contributed by atoms with Crippen LogP contribution in [0.5, 0.6) is 0 Å². The Morgan fingerprint density at radius 3 is 2.38 bits per heavy atom.